The number of hydrogen-bond acceptors (Lipinski definition) is 3. The lowest BCUT2D eigenvalue weighted by molar-refractivity contribution is -0.153. The van der Waals surface area contributed by atoms with Crippen LogP contribution in [0.15, 0.2) is 23.2 Å². The standard InChI is InChI=1S/C18H26F3N3O2.HI/c1-13-3-6-15(16(9-13)26-12-18(19,20)21)10-24-17(22-2)23-7-8-25-11-14-4-5-14;/h3,6,9,14H,4-5,7-8,10-12H2,1-2H3,(H2,22,23,24);1H. The van der Waals surface area contributed by atoms with Crippen LogP contribution in [-0.2, 0) is 11.3 Å². The number of aryl methyl sites for hydroxylation is 1. The van der Waals surface area contributed by atoms with Crippen molar-refractivity contribution in [3.8, 4) is 5.75 Å². The third-order valence-electron chi connectivity index (χ3n) is 3.87. The molecule has 1 aliphatic carbocycles. The predicted molar refractivity (Wildman–Crippen MR) is 110 cm³/mol. The molecule has 0 heterocycles. The molecule has 0 amide bonds. The smallest absolute Gasteiger partial charge is 0.422 e. The van der Waals surface area contributed by atoms with Crippen molar-refractivity contribution in [2.45, 2.75) is 32.5 Å². The lowest BCUT2D eigenvalue weighted by Gasteiger charge is -2.16. The number of rotatable bonds is 9. The quantitative estimate of drug-likeness (QED) is 0.235. The van der Waals surface area contributed by atoms with Crippen LogP contribution in [0, 0.1) is 12.8 Å². The normalized spacial score (nSPS) is 14.5. The summed E-state index contributed by atoms with van der Waals surface area (Å²) >= 11 is 0. The number of hydrogen-bond donors (Lipinski definition) is 2. The predicted octanol–water partition coefficient (Wildman–Crippen LogP) is 3.65. The topological polar surface area (TPSA) is 54.9 Å². The van der Waals surface area contributed by atoms with Gasteiger partial charge < -0.3 is 20.1 Å². The zero-order valence-corrected chi connectivity index (χ0v) is 17.9. The lowest BCUT2D eigenvalue weighted by Crippen LogP contribution is -2.38. The van der Waals surface area contributed by atoms with Crippen molar-refractivity contribution in [1.82, 2.24) is 10.6 Å². The molecule has 0 atom stereocenters. The summed E-state index contributed by atoms with van der Waals surface area (Å²) in [6.45, 7) is 2.79. The molecular weight excluding hydrogens is 474 g/mol. The Morgan fingerprint density at radius 2 is 2.00 bits per heavy atom. The van der Waals surface area contributed by atoms with E-state index in [2.05, 4.69) is 15.6 Å². The van der Waals surface area contributed by atoms with Crippen molar-refractivity contribution in [2.75, 3.05) is 33.4 Å². The Labute approximate surface area is 175 Å². The first kappa shape index (κ1) is 23.8. The van der Waals surface area contributed by atoms with Gasteiger partial charge in [0, 0.05) is 32.3 Å². The largest absolute Gasteiger partial charge is 0.484 e. The molecule has 1 fully saturated rings. The maximum absolute atomic E-state index is 12.4. The van der Waals surface area contributed by atoms with Crippen LogP contribution in [-0.4, -0.2) is 45.5 Å². The maximum atomic E-state index is 12.4. The lowest BCUT2D eigenvalue weighted by atomic mass is 10.1. The van der Waals surface area contributed by atoms with Gasteiger partial charge in [0.15, 0.2) is 12.6 Å². The summed E-state index contributed by atoms with van der Waals surface area (Å²) in [5.74, 6) is 1.50. The molecule has 1 aliphatic rings. The van der Waals surface area contributed by atoms with Crippen molar-refractivity contribution in [2.24, 2.45) is 10.9 Å². The van der Waals surface area contributed by atoms with Gasteiger partial charge in [0.2, 0.25) is 0 Å². The minimum atomic E-state index is -4.37. The van der Waals surface area contributed by atoms with E-state index in [4.69, 9.17) is 9.47 Å². The van der Waals surface area contributed by atoms with E-state index in [0.717, 1.165) is 18.1 Å². The van der Waals surface area contributed by atoms with Gasteiger partial charge in [-0.25, -0.2) is 0 Å². The Morgan fingerprint density at radius 3 is 2.63 bits per heavy atom. The summed E-state index contributed by atoms with van der Waals surface area (Å²) in [6.07, 6.45) is -1.86. The summed E-state index contributed by atoms with van der Waals surface area (Å²) in [6, 6.07) is 5.18. The molecule has 0 saturated heterocycles. The van der Waals surface area contributed by atoms with E-state index in [1.54, 1.807) is 26.1 Å². The number of guanidine groups is 1. The molecule has 2 rings (SSSR count). The average Bonchev–Trinajstić information content (AvgIpc) is 3.40. The molecule has 154 valence electrons. The van der Waals surface area contributed by atoms with Crippen molar-refractivity contribution in [1.29, 1.82) is 0 Å². The monoisotopic (exact) mass is 501 g/mol. The van der Waals surface area contributed by atoms with Crippen LogP contribution in [0.1, 0.15) is 24.0 Å². The number of alkyl halides is 3. The summed E-state index contributed by atoms with van der Waals surface area (Å²) in [5.41, 5.74) is 1.47. The number of halogens is 4. The first-order chi connectivity index (χ1) is 12.4. The number of ether oxygens (including phenoxy) is 2. The fraction of sp³-hybridized carbons (Fsp3) is 0.611. The second-order valence-corrected chi connectivity index (χ2v) is 6.39. The minimum absolute atomic E-state index is 0. The number of aliphatic imine (C=N–C) groups is 1. The van der Waals surface area contributed by atoms with E-state index < -0.39 is 12.8 Å². The molecular formula is C18H27F3IN3O2. The molecule has 9 heteroatoms. The van der Waals surface area contributed by atoms with Gasteiger partial charge in [-0.3, -0.25) is 4.99 Å². The van der Waals surface area contributed by atoms with Gasteiger partial charge in [-0.15, -0.1) is 24.0 Å². The molecule has 1 aromatic carbocycles. The Balaban J connectivity index is 0.00000364. The highest BCUT2D eigenvalue weighted by molar-refractivity contribution is 14.0. The van der Waals surface area contributed by atoms with Gasteiger partial charge in [0.05, 0.1) is 6.61 Å². The molecule has 2 N–H and O–H groups in total. The molecule has 0 radical (unpaired) electrons. The van der Waals surface area contributed by atoms with E-state index in [1.807, 2.05) is 6.07 Å². The van der Waals surface area contributed by atoms with Crippen LogP contribution in [0.4, 0.5) is 13.2 Å². The van der Waals surface area contributed by atoms with Crippen molar-refractivity contribution < 1.29 is 22.6 Å². The molecule has 5 nitrogen and oxygen atoms in total. The molecule has 0 aromatic heterocycles. The molecule has 0 unspecified atom stereocenters. The first-order valence-corrected chi connectivity index (χ1v) is 8.68. The van der Waals surface area contributed by atoms with Crippen LogP contribution < -0.4 is 15.4 Å². The molecule has 1 aromatic rings. The highest BCUT2D eigenvalue weighted by Gasteiger charge is 2.28. The molecule has 0 bridgehead atoms. The van der Waals surface area contributed by atoms with E-state index in [-0.39, 0.29) is 29.7 Å². The zero-order chi connectivity index (χ0) is 19.0. The summed E-state index contributed by atoms with van der Waals surface area (Å²) in [5, 5.41) is 6.19. The zero-order valence-electron chi connectivity index (χ0n) is 15.6. The highest BCUT2D eigenvalue weighted by atomic mass is 127. The van der Waals surface area contributed by atoms with Crippen LogP contribution in [0.2, 0.25) is 0 Å². The van der Waals surface area contributed by atoms with Crippen LogP contribution >= 0.6 is 24.0 Å². The Morgan fingerprint density at radius 1 is 1.26 bits per heavy atom. The second-order valence-electron chi connectivity index (χ2n) is 6.39. The van der Waals surface area contributed by atoms with E-state index in [1.165, 1.54) is 12.8 Å². The Kier molecular flexibility index (Phi) is 10.2. The summed E-state index contributed by atoms with van der Waals surface area (Å²) in [4.78, 5) is 4.10. The molecule has 27 heavy (non-hydrogen) atoms. The van der Waals surface area contributed by atoms with E-state index in [0.29, 0.717) is 31.2 Å². The number of benzene rings is 1. The van der Waals surface area contributed by atoms with Gasteiger partial charge in [0.25, 0.3) is 0 Å². The van der Waals surface area contributed by atoms with Gasteiger partial charge in [-0.1, -0.05) is 12.1 Å². The molecule has 0 spiro atoms. The van der Waals surface area contributed by atoms with Crippen molar-refractivity contribution in [3.05, 3.63) is 29.3 Å². The van der Waals surface area contributed by atoms with Crippen LogP contribution in [0.3, 0.4) is 0 Å². The summed E-state index contributed by atoms with van der Waals surface area (Å²) in [7, 11) is 1.64. The van der Waals surface area contributed by atoms with Gasteiger partial charge in [-0.2, -0.15) is 13.2 Å². The Bertz CT molecular complexity index is 608. The van der Waals surface area contributed by atoms with Crippen LogP contribution in [0.25, 0.3) is 0 Å². The van der Waals surface area contributed by atoms with E-state index in [9.17, 15) is 13.2 Å². The van der Waals surface area contributed by atoms with Gasteiger partial charge in [0.1, 0.15) is 5.75 Å². The number of nitrogens with zero attached hydrogens (tertiary/aromatic N) is 1. The fourth-order valence-corrected chi connectivity index (χ4v) is 2.28. The van der Waals surface area contributed by atoms with Crippen molar-refractivity contribution in [3.63, 3.8) is 0 Å². The summed E-state index contributed by atoms with van der Waals surface area (Å²) < 4.78 is 47.7. The minimum Gasteiger partial charge on any atom is -0.484 e. The van der Waals surface area contributed by atoms with Gasteiger partial charge >= 0.3 is 6.18 Å². The SMILES string of the molecule is CN=C(NCCOCC1CC1)NCc1ccc(C)cc1OCC(F)(F)F.I. The first-order valence-electron chi connectivity index (χ1n) is 8.68. The van der Waals surface area contributed by atoms with E-state index >= 15 is 0 Å². The highest BCUT2D eigenvalue weighted by Crippen LogP contribution is 2.28. The third kappa shape index (κ3) is 10.0. The number of nitrogens with one attached hydrogen (secondary N) is 2. The van der Waals surface area contributed by atoms with Crippen LogP contribution in [0.5, 0.6) is 5.75 Å². The van der Waals surface area contributed by atoms with Crippen molar-refractivity contribution >= 4 is 29.9 Å². The average molecular weight is 501 g/mol. The van der Waals surface area contributed by atoms with Gasteiger partial charge in [-0.05, 0) is 37.3 Å². The Hall–Kier alpha value is -1.23. The fourth-order valence-electron chi connectivity index (χ4n) is 2.28. The molecule has 1 saturated carbocycles. The second kappa shape index (κ2) is 11.6. The third-order valence-corrected chi connectivity index (χ3v) is 3.87. The maximum Gasteiger partial charge on any atom is 0.422 e. The molecule has 0 aliphatic heterocycles.